The molecule has 1 aromatic heterocycles. The summed E-state index contributed by atoms with van der Waals surface area (Å²) in [7, 11) is 5.52. The molecule has 0 fully saturated rings. The Morgan fingerprint density at radius 1 is 1.25 bits per heavy atom. The maximum atomic E-state index is 5.92. The molecule has 0 saturated heterocycles. The molecule has 1 aromatic carbocycles. The van der Waals surface area contributed by atoms with Gasteiger partial charge in [0.2, 0.25) is 0 Å². The SMILES string of the molecule is CN=C(NCCCOC(C)c1ccccc1)N(C)Cc1csc(C(C)OC)n1. The van der Waals surface area contributed by atoms with Crippen LogP contribution in [0.15, 0.2) is 40.7 Å². The molecule has 0 spiro atoms. The van der Waals surface area contributed by atoms with Crippen LogP contribution in [-0.2, 0) is 16.0 Å². The quantitative estimate of drug-likeness (QED) is 0.368. The zero-order chi connectivity index (χ0) is 20.4. The second-order valence-corrected chi connectivity index (χ2v) is 7.55. The van der Waals surface area contributed by atoms with Crippen molar-refractivity contribution in [3.8, 4) is 0 Å². The fourth-order valence-corrected chi connectivity index (χ4v) is 3.58. The minimum Gasteiger partial charge on any atom is -0.375 e. The van der Waals surface area contributed by atoms with Crippen LogP contribution in [0, 0.1) is 0 Å². The number of hydrogen-bond acceptors (Lipinski definition) is 5. The van der Waals surface area contributed by atoms with E-state index in [-0.39, 0.29) is 12.2 Å². The van der Waals surface area contributed by atoms with Crippen LogP contribution in [-0.4, -0.2) is 50.2 Å². The maximum Gasteiger partial charge on any atom is 0.193 e. The molecule has 6 nitrogen and oxygen atoms in total. The minimum atomic E-state index is 0.0276. The van der Waals surface area contributed by atoms with Crippen molar-refractivity contribution in [2.45, 2.75) is 39.0 Å². The summed E-state index contributed by atoms with van der Waals surface area (Å²) in [6.07, 6.45) is 1.05. The monoisotopic (exact) mass is 404 g/mol. The lowest BCUT2D eigenvalue weighted by Gasteiger charge is -2.21. The lowest BCUT2D eigenvalue weighted by molar-refractivity contribution is 0.0645. The van der Waals surface area contributed by atoms with Gasteiger partial charge >= 0.3 is 0 Å². The lowest BCUT2D eigenvalue weighted by Crippen LogP contribution is -2.39. The number of nitrogens with zero attached hydrogens (tertiary/aromatic N) is 3. The average molecular weight is 405 g/mol. The van der Waals surface area contributed by atoms with E-state index in [4.69, 9.17) is 9.47 Å². The van der Waals surface area contributed by atoms with E-state index < -0.39 is 0 Å². The first-order valence-corrected chi connectivity index (χ1v) is 10.5. The van der Waals surface area contributed by atoms with Crippen LogP contribution >= 0.6 is 11.3 Å². The summed E-state index contributed by atoms with van der Waals surface area (Å²) in [5.74, 6) is 0.852. The summed E-state index contributed by atoms with van der Waals surface area (Å²) in [5, 5.41) is 6.47. The smallest absolute Gasteiger partial charge is 0.193 e. The van der Waals surface area contributed by atoms with Crippen LogP contribution in [0.2, 0.25) is 0 Å². The van der Waals surface area contributed by atoms with Crippen LogP contribution < -0.4 is 5.32 Å². The molecule has 1 N–H and O–H groups in total. The highest BCUT2D eigenvalue weighted by atomic mass is 32.1. The van der Waals surface area contributed by atoms with Gasteiger partial charge in [-0.3, -0.25) is 4.99 Å². The van der Waals surface area contributed by atoms with Gasteiger partial charge in [-0.05, 0) is 25.8 Å². The molecule has 0 saturated carbocycles. The molecule has 28 heavy (non-hydrogen) atoms. The van der Waals surface area contributed by atoms with Crippen molar-refractivity contribution in [1.82, 2.24) is 15.2 Å². The van der Waals surface area contributed by atoms with Crippen LogP contribution in [0.4, 0.5) is 0 Å². The fourth-order valence-electron chi connectivity index (χ4n) is 2.74. The van der Waals surface area contributed by atoms with Gasteiger partial charge in [-0.25, -0.2) is 4.98 Å². The number of aromatic nitrogens is 1. The van der Waals surface area contributed by atoms with Crippen LogP contribution in [0.3, 0.4) is 0 Å². The van der Waals surface area contributed by atoms with Gasteiger partial charge in [0, 0.05) is 39.7 Å². The van der Waals surface area contributed by atoms with Crippen molar-refractivity contribution in [1.29, 1.82) is 0 Å². The van der Waals surface area contributed by atoms with Gasteiger partial charge in [0.25, 0.3) is 0 Å². The molecule has 2 aromatic rings. The second kappa shape index (κ2) is 11.8. The zero-order valence-electron chi connectivity index (χ0n) is 17.5. The molecular formula is C21H32N4O2S. The fraction of sp³-hybridized carbons (Fsp3) is 0.524. The van der Waals surface area contributed by atoms with Crippen molar-refractivity contribution in [3.05, 3.63) is 52.0 Å². The van der Waals surface area contributed by atoms with Gasteiger partial charge in [-0.1, -0.05) is 30.3 Å². The standard InChI is InChI=1S/C21H32N4O2S/c1-16(18-10-7-6-8-11-18)27-13-9-12-23-21(22-3)25(4)14-19-15-28-20(24-19)17(2)26-5/h6-8,10-11,15-17H,9,12-14H2,1-5H3,(H,22,23). The molecular weight excluding hydrogens is 372 g/mol. The number of benzene rings is 1. The zero-order valence-corrected chi connectivity index (χ0v) is 18.3. The third-order valence-electron chi connectivity index (χ3n) is 4.48. The molecule has 2 rings (SSSR count). The Hall–Kier alpha value is -1.96. The summed E-state index contributed by atoms with van der Waals surface area (Å²) in [5.41, 5.74) is 2.23. The highest BCUT2D eigenvalue weighted by molar-refractivity contribution is 7.09. The minimum absolute atomic E-state index is 0.0276. The molecule has 2 atom stereocenters. The van der Waals surface area contributed by atoms with Crippen molar-refractivity contribution in [2.24, 2.45) is 4.99 Å². The van der Waals surface area contributed by atoms with E-state index in [9.17, 15) is 0 Å². The summed E-state index contributed by atoms with van der Waals surface area (Å²) in [6.45, 7) is 6.30. The molecule has 7 heteroatoms. The summed E-state index contributed by atoms with van der Waals surface area (Å²) < 4.78 is 11.3. The van der Waals surface area contributed by atoms with Gasteiger partial charge in [0.1, 0.15) is 11.1 Å². The normalized spacial score (nSPS) is 14.0. The summed E-state index contributed by atoms with van der Waals surface area (Å²) in [6, 6.07) is 10.3. The van der Waals surface area contributed by atoms with E-state index in [0.717, 1.165) is 29.6 Å². The summed E-state index contributed by atoms with van der Waals surface area (Å²) in [4.78, 5) is 11.1. The number of nitrogens with one attached hydrogen (secondary N) is 1. The largest absolute Gasteiger partial charge is 0.375 e. The molecule has 154 valence electrons. The van der Waals surface area contributed by atoms with Crippen molar-refractivity contribution in [3.63, 3.8) is 0 Å². The van der Waals surface area contributed by atoms with Crippen molar-refractivity contribution in [2.75, 3.05) is 34.4 Å². The second-order valence-electron chi connectivity index (χ2n) is 6.66. The predicted molar refractivity (Wildman–Crippen MR) is 116 cm³/mol. The molecule has 0 radical (unpaired) electrons. The average Bonchev–Trinajstić information content (AvgIpc) is 3.18. The number of guanidine groups is 1. The lowest BCUT2D eigenvalue weighted by atomic mass is 10.1. The van der Waals surface area contributed by atoms with E-state index in [0.29, 0.717) is 13.2 Å². The first kappa shape index (κ1) is 22.3. The van der Waals surface area contributed by atoms with E-state index in [1.165, 1.54) is 5.56 Å². The Labute approximate surface area is 172 Å². The first-order chi connectivity index (χ1) is 13.5. The van der Waals surface area contributed by atoms with Gasteiger partial charge in [0.05, 0.1) is 18.3 Å². The number of methoxy groups -OCH3 is 1. The highest BCUT2D eigenvalue weighted by Crippen LogP contribution is 2.21. The van der Waals surface area contributed by atoms with Gasteiger partial charge in [-0.2, -0.15) is 0 Å². The molecule has 0 bridgehead atoms. The Morgan fingerprint density at radius 2 is 2.00 bits per heavy atom. The number of ether oxygens (including phenoxy) is 2. The number of hydrogen-bond donors (Lipinski definition) is 1. The van der Waals surface area contributed by atoms with E-state index >= 15 is 0 Å². The van der Waals surface area contributed by atoms with Crippen molar-refractivity contribution >= 4 is 17.3 Å². The first-order valence-electron chi connectivity index (χ1n) is 9.60. The van der Waals surface area contributed by atoms with E-state index in [2.05, 4.69) is 44.6 Å². The number of rotatable bonds is 10. The van der Waals surface area contributed by atoms with Crippen LogP contribution in [0.5, 0.6) is 0 Å². The maximum absolute atomic E-state index is 5.92. The third-order valence-corrected chi connectivity index (χ3v) is 5.54. The van der Waals surface area contributed by atoms with Gasteiger partial charge in [0.15, 0.2) is 5.96 Å². The molecule has 1 heterocycles. The topological polar surface area (TPSA) is 59.0 Å². The number of thiazole rings is 1. The molecule has 0 amide bonds. The Morgan fingerprint density at radius 3 is 2.68 bits per heavy atom. The van der Waals surface area contributed by atoms with Crippen LogP contribution in [0.1, 0.15) is 48.7 Å². The molecule has 0 aliphatic rings. The third kappa shape index (κ3) is 6.89. The molecule has 2 unspecified atom stereocenters. The van der Waals surface area contributed by atoms with Gasteiger partial charge < -0.3 is 19.7 Å². The summed E-state index contributed by atoms with van der Waals surface area (Å²) >= 11 is 1.63. The van der Waals surface area contributed by atoms with Crippen LogP contribution in [0.25, 0.3) is 0 Å². The molecule has 0 aliphatic carbocycles. The Bertz CT molecular complexity index is 720. The Balaban J connectivity index is 1.71. The Kier molecular flexibility index (Phi) is 9.40. The number of aliphatic imine (C=N–C) groups is 1. The van der Waals surface area contributed by atoms with E-state index in [1.807, 2.05) is 32.2 Å². The van der Waals surface area contributed by atoms with Crippen molar-refractivity contribution < 1.29 is 9.47 Å². The highest BCUT2D eigenvalue weighted by Gasteiger charge is 2.12. The predicted octanol–water partition coefficient (Wildman–Crippen LogP) is 4.03. The molecule has 0 aliphatic heterocycles. The van der Waals surface area contributed by atoms with Gasteiger partial charge in [-0.15, -0.1) is 11.3 Å². The van der Waals surface area contributed by atoms with E-state index in [1.54, 1.807) is 25.5 Å².